The lowest BCUT2D eigenvalue weighted by Gasteiger charge is -2.22. The van der Waals surface area contributed by atoms with Crippen molar-refractivity contribution in [3.05, 3.63) is 18.2 Å². The number of nitrogens with zero attached hydrogens (tertiary/aromatic N) is 4. The molecule has 5 nitrogen and oxygen atoms in total. The minimum atomic E-state index is 0.835. The van der Waals surface area contributed by atoms with Crippen LogP contribution in [0, 0.1) is 0 Å². The van der Waals surface area contributed by atoms with Gasteiger partial charge in [0.1, 0.15) is 11.3 Å². The van der Waals surface area contributed by atoms with Crippen molar-refractivity contribution in [3.8, 4) is 5.75 Å². The van der Waals surface area contributed by atoms with E-state index in [4.69, 9.17) is 4.74 Å². The Hall–Kier alpha value is -1.62. The molecule has 170 valence electrons. The molecular weight excluding hydrogens is 372 g/mol. The average Bonchev–Trinajstić information content (AvgIpc) is 3.18. The first-order chi connectivity index (χ1) is 14.8. The van der Waals surface area contributed by atoms with Crippen LogP contribution in [0.1, 0.15) is 90.9 Å². The molecule has 0 saturated heterocycles. The average molecular weight is 417 g/mol. The maximum absolute atomic E-state index is 5.30. The molecule has 1 aromatic carbocycles. The third-order valence-electron chi connectivity index (χ3n) is 6.00. The van der Waals surface area contributed by atoms with Crippen molar-refractivity contribution in [1.29, 1.82) is 0 Å². The molecule has 5 heteroatoms. The minimum absolute atomic E-state index is 0.835. The van der Waals surface area contributed by atoms with Crippen LogP contribution >= 0.6 is 0 Å². The summed E-state index contributed by atoms with van der Waals surface area (Å²) in [5.74, 6) is 0.835. The van der Waals surface area contributed by atoms with Gasteiger partial charge in [-0.1, -0.05) is 83.3 Å². The summed E-state index contributed by atoms with van der Waals surface area (Å²) in [5, 5.41) is 8.72. The highest BCUT2D eigenvalue weighted by atomic mass is 16.5. The number of hydrogen-bond acceptors (Lipinski definition) is 4. The Morgan fingerprint density at radius 3 is 2.00 bits per heavy atom. The Morgan fingerprint density at radius 2 is 1.40 bits per heavy atom. The lowest BCUT2D eigenvalue weighted by molar-refractivity contribution is 0.247. The van der Waals surface area contributed by atoms with Gasteiger partial charge in [0.05, 0.1) is 19.2 Å². The molecule has 0 bridgehead atoms. The van der Waals surface area contributed by atoms with Crippen LogP contribution in [0.25, 0.3) is 11.0 Å². The predicted molar refractivity (Wildman–Crippen MR) is 127 cm³/mol. The normalized spacial score (nSPS) is 11.6. The van der Waals surface area contributed by atoms with Crippen molar-refractivity contribution in [1.82, 2.24) is 19.9 Å². The molecule has 0 N–H and O–H groups in total. The number of methoxy groups -OCH3 is 1. The topological polar surface area (TPSA) is 43.2 Å². The standard InChI is InChI=1S/C25H44N4O/c1-4-6-8-10-12-14-18-28(19-15-13-11-9-7-5-2)20-21-29-25-17-16-23(30-3)22-24(25)26-27-29/h16-17,22H,4-15,18-21H2,1-3H3. The number of aromatic nitrogens is 3. The van der Waals surface area contributed by atoms with Gasteiger partial charge >= 0.3 is 0 Å². The van der Waals surface area contributed by atoms with Gasteiger partial charge in [0.2, 0.25) is 0 Å². The fourth-order valence-electron chi connectivity index (χ4n) is 4.05. The highest BCUT2D eigenvalue weighted by molar-refractivity contribution is 5.75. The SMILES string of the molecule is CCCCCCCCN(CCCCCCCC)CCn1nnc2cc(OC)ccc21. The van der Waals surface area contributed by atoms with Crippen LogP contribution in [0.2, 0.25) is 0 Å². The van der Waals surface area contributed by atoms with Crippen molar-refractivity contribution >= 4 is 11.0 Å². The van der Waals surface area contributed by atoms with Gasteiger partial charge in [0.15, 0.2) is 0 Å². The van der Waals surface area contributed by atoms with Crippen LogP contribution in [-0.4, -0.2) is 46.6 Å². The van der Waals surface area contributed by atoms with E-state index >= 15 is 0 Å². The van der Waals surface area contributed by atoms with E-state index < -0.39 is 0 Å². The smallest absolute Gasteiger partial charge is 0.121 e. The van der Waals surface area contributed by atoms with E-state index in [1.54, 1.807) is 7.11 Å². The molecule has 2 aromatic rings. The third kappa shape index (κ3) is 9.03. The third-order valence-corrected chi connectivity index (χ3v) is 6.00. The summed E-state index contributed by atoms with van der Waals surface area (Å²) >= 11 is 0. The first-order valence-corrected chi connectivity index (χ1v) is 12.4. The number of unbranched alkanes of at least 4 members (excludes halogenated alkanes) is 10. The Balaban J connectivity index is 1.81. The van der Waals surface area contributed by atoms with Crippen LogP contribution in [-0.2, 0) is 6.54 Å². The van der Waals surface area contributed by atoms with Gasteiger partial charge in [-0.3, -0.25) is 0 Å². The van der Waals surface area contributed by atoms with Crippen molar-refractivity contribution in [2.24, 2.45) is 0 Å². The molecular formula is C25H44N4O. The summed E-state index contributed by atoms with van der Waals surface area (Å²) in [6.07, 6.45) is 16.3. The minimum Gasteiger partial charge on any atom is -0.497 e. The molecule has 0 aliphatic heterocycles. The maximum Gasteiger partial charge on any atom is 0.121 e. The van der Waals surface area contributed by atoms with Gasteiger partial charge in [-0.15, -0.1) is 5.10 Å². The number of hydrogen-bond donors (Lipinski definition) is 0. The summed E-state index contributed by atoms with van der Waals surface area (Å²) in [4.78, 5) is 2.65. The number of fused-ring (bicyclic) bond motifs is 1. The van der Waals surface area contributed by atoms with E-state index in [9.17, 15) is 0 Å². The van der Waals surface area contributed by atoms with E-state index in [2.05, 4.69) is 35.1 Å². The molecule has 30 heavy (non-hydrogen) atoms. The maximum atomic E-state index is 5.30. The predicted octanol–water partition coefficient (Wildman–Crippen LogP) is 6.46. The molecule has 0 amide bonds. The largest absolute Gasteiger partial charge is 0.497 e. The zero-order valence-electron chi connectivity index (χ0n) is 19.7. The summed E-state index contributed by atoms with van der Waals surface area (Å²) in [6.45, 7) is 8.93. The first-order valence-electron chi connectivity index (χ1n) is 12.4. The van der Waals surface area contributed by atoms with Gasteiger partial charge in [-0.05, 0) is 38.1 Å². The lowest BCUT2D eigenvalue weighted by Crippen LogP contribution is -2.30. The molecule has 1 aromatic heterocycles. The van der Waals surface area contributed by atoms with Crippen molar-refractivity contribution in [3.63, 3.8) is 0 Å². The number of benzene rings is 1. The summed E-state index contributed by atoms with van der Waals surface area (Å²) in [7, 11) is 1.69. The molecule has 0 unspecified atom stereocenters. The molecule has 0 aliphatic carbocycles. The fourth-order valence-corrected chi connectivity index (χ4v) is 4.05. The second-order valence-corrected chi connectivity index (χ2v) is 8.54. The monoisotopic (exact) mass is 416 g/mol. The zero-order valence-corrected chi connectivity index (χ0v) is 19.7. The highest BCUT2D eigenvalue weighted by Gasteiger charge is 2.09. The summed E-state index contributed by atoms with van der Waals surface area (Å²) in [5.41, 5.74) is 2.00. The Morgan fingerprint density at radius 1 is 0.800 bits per heavy atom. The van der Waals surface area contributed by atoms with Crippen LogP contribution in [0.3, 0.4) is 0 Å². The Bertz CT molecular complexity index is 669. The summed E-state index contributed by atoms with van der Waals surface area (Å²) in [6, 6.07) is 6.02. The van der Waals surface area contributed by atoms with E-state index in [1.165, 1.54) is 90.1 Å². The lowest BCUT2D eigenvalue weighted by atomic mass is 10.1. The molecule has 0 radical (unpaired) electrons. The van der Waals surface area contributed by atoms with E-state index in [0.717, 1.165) is 29.9 Å². The van der Waals surface area contributed by atoms with Crippen LogP contribution in [0.15, 0.2) is 18.2 Å². The molecule has 0 aliphatic rings. The quantitative estimate of drug-likeness (QED) is 0.261. The van der Waals surface area contributed by atoms with E-state index in [1.807, 2.05) is 16.8 Å². The zero-order chi connectivity index (χ0) is 21.4. The van der Waals surface area contributed by atoms with Crippen molar-refractivity contribution in [2.75, 3.05) is 26.7 Å². The van der Waals surface area contributed by atoms with Crippen molar-refractivity contribution < 1.29 is 4.74 Å². The molecule has 2 rings (SSSR count). The van der Waals surface area contributed by atoms with Gasteiger partial charge in [-0.2, -0.15) is 0 Å². The van der Waals surface area contributed by atoms with E-state index in [0.29, 0.717) is 0 Å². The van der Waals surface area contributed by atoms with Gasteiger partial charge in [0, 0.05) is 12.6 Å². The number of rotatable bonds is 18. The molecule has 0 spiro atoms. The van der Waals surface area contributed by atoms with Gasteiger partial charge in [-0.25, -0.2) is 4.68 Å². The second kappa shape index (κ2) is 15.2. The fraction of sp³-hybridized carbons (Fsp3) is 0.760. The molecule has 1 heterocycles. The van der Waals surface area contributed by atoms with E-state index in [-0.39, 0.29) is 0 Å². The van der Waals surface area contributed by atoms with Gasteiger partial charge < -0.3 is 9.64 Å². The summed E-state index contributed by atoms with van der Waals surface area (Å²) < 4.78 is 7.35. The van der Waals surface area contributed by atoms with Crippen molar-refractivity contribution in [2.45, 2.75) is 97.4 Å². The number of ether oxygens (including phenoxy) is 1. The molecule has 0 saturated carbocycles. The Kier molecular flexibility index (Phi) is 12.5. The Labute approximate surface area is 184 Å². The van der Waals surface area contributed by atoms with Crippen LogP contribution in [0.4, 0.5) is 0 Å². The molecule has 0 fully saturated rings. The first kappa shape index (κ1) is 24.6. The van der Waals surface area contributed by atoms with Crippen LogP contribution < -0.4 is 4.74 Å². The highest BCUT2D eigenvalue weighted by Crippen LogP contribution is 2.18. The second-order valence-electron chi connectivity index (χ2n) is 8.54. The van der Waals surface area contributed by atoms with Crippen LogP contribution in [0.5, 0.6) is 5.75 Å². The van der Waals surface area contributed by atoms with Gasteiger partial charge in [0.25, 0.3) is 0 Å². The molecule has 0 atom stereocenters.